The van der Waals surface area contributed by atoms with E-state index in [0.29, 0.717) is 18.6 Å². The van der Waals surface area contributed by atoms with Gasteiger partial charge >= 0.3 is 5.97 Å². The van der Waals surface area contributed by atoms with E-state index < -0.39 is 0 Å². The van der Waals surface area contributed by atoms with Crippen molar-refractivity contribution in [2.24, 2.45) is 11.8 Å². The second kappa shape index (κ2) is 7.88. The molecule has 2 fully saturated rings. The summed E-state index contributed by atoms with van der Waals surface area (Å²) in [6.07, 6.45) is 10.9. The van der Waals surface area contributed by atoms with Gasteiger partial charge in [-0.3, -0.25) is 4.79 Å². The molecule has 0 spiro atoms. The van der Waals surface area contributed by atoms with E-state index in [1.165, 1.54) is 38.5 Å². The Morgan fingerprint density at radius 3 is 2.63 bits per heavy atom. The fourth-order valence-electron chi connectivity index (χ4n) is 3.01. The summed E-state index contributed by atoms with van der Waals surface area (Å²) in [6, 6.07) is 0. The van der Waals surface area contributed by atoms with Crippen molar-refractivity contribution in [2.75, 3.05) is 13.2 Å². The van der Waals surface area contributed by atoms with Crippen LogP contribution >= 0.6 is 0 Å². The molecule has 19 heavy (non-hydrogen) atoms. The number of unbranched alkanes of at least 4 members (excludes halogenated alkanes) is 2. The molecule has 3 nitrogen and oxygen atoms in total. The summed E-state index contributed by atoms with van der Waals surface area (Å²) in [5.74, 6) is 0.644. The molecule has 1 aliphatic carbocycles. The van der Waals surface area contributed by atoms with Gasteiger partial charge in [0.2, 0.25) is 0 Å². The molecule has 2 aliphatic rings. The van der Waals surface area contributed by atoms with E-state index in [4.69, 9.17) is 9.47 Å². The molecule has 0 aromatic heterocycles. The van der Waals surface area contributed by atoms with E-state index in [2.05, 4.69) is 6.92 Å². The van der Waals surface area contributed by atoms with Gasteiger partial charge in [-0.1, -0.05) is 45.4 Å². The van der Waals surface area contributed by atoms with Crippen molar-refractivity contribution in [1.82, 2.24) is 0 Å². The Morgan fingerprint density at radius 2 is 2.00 bits per heavy atom. The Morgan fingerprint density at radius 1 is 1.26 bits per heavy atom. The van der Waals surface area contributed by atoms with Gasteiger partial charge in [0.15, 0.2) is 0 Å². The number of hydrogen-bond acceptors (Lipinski definition) is 3. The molecule has 0 aromatic carbocycles. The van der Waals surface area contributed by atoms with Gasteiger partial charge in [0.1, 0.15) is 0 Å². The Labute approximate surface area is 117 Å². The van der Waals surface area contributed by atoms with Gasteiger partial charge in [-0.05, 0) is 19.3 Å². The number of carbonyl (C=O) groups excluding carboxylic acids is 1. The molecular weight excluding hydrogens is 240 g/mol. The highest BCUT2D eigenvalue weighted by Gasteiger charge is 2.33. The first-order chi connectivity index (χ1) is 9.31. The number of rotatable bonds is 8. The summed E-state index contributed by atoms with van der Waals surface area (Å²) in [5.41, 5.74) is 0. The van der Waals surface area contributed by atoms with E-state index in [9.17, 15) is 4.79 Å². The van der Waals surface area contributed by atoms with Gasteiger partial charge in [-0.15, -0.1) is 0 Å². The molecule has 0 radical (unpaired) electrons. The lowest BCUT2D eigenvalue weighted by Crippen LogP contribution is -2.25. The Bertz CT molecular complexity index is 267. The summed E-state index contributed by atoms with van der Waals surface area (Å²) in [5, 5.41) is 0. The highest BCUT2D eigenvalue weighted by atomic mass is 16.6. The number of carbonyl (C=O) groups is 1. The third-order valence-electron chi connectivity index (χ3n) is 4.44. The van der Waals surface area contributed by atoms with Crippen LogP contribution in [0.2, 0.25) is 0 Å². The first-order valence-corrected chi connectivity index (χ1v) is 8.09. The van der Waals surface area contributed by atoms with Gasteiger partial charge in [-0.2, -0.15) is 0 Å². The first kappa shape index (κ1) is 14.8. The van der Waals surface area contributed by atoms with E-state index in [1.807, 2.05) is 0 Å². The third kappa shape index (κ3) is 5.13. The minimum Gasteiger partial charge on any atom is -0.465 e. The summed E-state index contributed by atoms with van der Waals surface area (Å²) < 4.78 is 10.9. The van der Waals surface area contributed by atoms with Gasteiger partial charge in [0.05, 0.1) is 25.2 Å². The van der Waals surface area contributed by atoms with Crippen molar-refractivity contribution >= 4 is 5.97 Å². The standard InChI is InChI=1S/C16H28O3/c1-2-3-5-10-14(15-12-18-15)11-19-16(17)13-8-6-4-7-9-13/h13-15H,2-12H2,1H3. The average molecular weight is 268 g/mol. The van der Waals surface area contributed by atoms with Crippen LogP contribution in [-0.4, -0.2) is 25.3 Å². The summed E-state index contributed by atoms with van der Waals surface area (Å²) >= 11 is 0. The highest BCUT2D eigenvalue weighted by Crippen LogP contribution is 2.28. The normalized spacial score (nSPS) is 25.0. The molecule has 2 unspecified atom stereocenters. The molecular formula is C16H28O3. The Kier molecular flexibility index (Phi) is 6.15. The van der Waals surface area contributed by atoms with E-state index in [1.54, 1.807) is 0 Å². The fraction of sp³-hybridized carbons (Fsp3) is 0.938. The lowest BCUT2D eigenvalue weighted by atomic mass is 9.89. The highest BCUT2D eigenvalue weighted by molar-refractivity contribution is 5.72. The van der Waals surface area contributed by atoms with Crippen LogP contribution in [0.1, 0.15) is 64.7 Å². The van der Waals surface area contributed by atoms with Crippen molar-refractivity contribution in [1.29, 1.82) is 0 Å². The van der Waals surface area contributed by atoms with E-state index in [0.717, 1.165) is 25.9 Å². The zero-order chi connectivity index (χ0) is 13.5. The van der Waals surface area contributed by atoms with Gasteiger partial charge in [0, 0.05) is 5.92 Å². The molecule has 2 rings (SSSR count). The molecule has 0 amide bonds. The number of ether oxygens (including phenoxy) is 2. The SMILES string of the molecule is CCCCCC(COC(=O)C1CCCCC1)C1CO1. The summed E-state index contributed by atoms with van der Waals surface area (Å²) in [6.45, 7) is 3.65. The van der Waals surface area contributed by atoms with Crippen molar-refractivity contribution in [3.8, 4) is 0 Å². The smallest absolute Gasteiger partial charge is 0.308 e. The second-order valence-corrected chi connectivity index (χ2v) is 6.09. The van der Waals surface area contributed by atoms with Crippen LogP contribution in [0.25, 0.3) is 0 Å². The lowest BCUT2D eigenvalue weighted by Gasteiger charge is -2.21. The first-order valence-electron chi connectivity index (χ1n) is 8.09. The second-order valence-electron chi connectivity index (χ2n) is 6.09. The molecule has 0 bridgehead atoms. The maximum atomic E-state index is 12.0. The maximum absolute atomic E-state index is 12.0. The molecule has 1 heterocycles. The quantitative estimate of drug-likeness (QED) is 0.383. The Hall–Kier alpha value is -0.570. The number of esters is 1. The zero-order valence-corrected chi connectivity index (χ0v) is 12.2. The van der Waals surface area contributed by atoms with Crippen molar-refractivity contribution < 1.29 is 14.3 Å². The topological polar surface area (TPSA) is 38.8 Å². The number of hydrogen-bond donors (Lipinski definition) is 0. The molecule has 3 heteroatoms. The Balaban J connectivity index is 1.67. The molecule has 1 saturated carbocycles. The molecule has 2 atom stereocenters. The summed E-state index contributed by atoms with van der Waals surface area (Å²) in [4.78, 5) is 12.0. The van der Waals surface area contributed by atoms with Gasteiger partial charge in [0.25, 0.3) is 0 Å². The largest absolute Gasteiger partial charge is 0.465 e. The van der Waals surface area contributed by atoms with Crippen molar-refractivity contribution in [2.45, 2.75) is 70.8 Å². The lowest BCUT2D eigenvalue weighted by molar-refractivity contribution is -0.151. The monoisotopic (exact) mass is 268 g/mol. The minimum atomic E-state index is 0.0424. The molecule has 0 N–H and O–H groups in total. The van der Waals surface area contributed by atoms with Crippen LogP contribution in [-0.2, 0) is 14.3 Å². The third-order valence-corrected chi connectivity index (χ3v) is 4.44. The van der Waals surface area contributed by atoms with Crippen LogP contribution in [0.4, 0.5) is 0 Å². The predicted octanol–water partition coefficient (Wildman–Crippen LogP) is 3.71. The van der Waals surface area contributed by atoms with Crippen LogP contribution < -0.4 is 0 Å². The molecule has 110 valence electrons. The van der Waals surface area contributed by atoms with E-state index >= 15 is 0 Å². The molecule has 1 aliphatic heterocycles. The van der Waals surface area contributed by atoms with Crippen molar-refractivity contribution in [3.05, 3.63) is 0 Å². The van der Waals surface area contributed by atoms with E-state index in [-0.39, 0.29) is 11.9 Å². The van der Waals surface area contributed by atoms with Crippen LogP contribution in [0.3, 0.4) is 0 Å². The minimum absolute atomic E-state index is 0.0424. The zero-order valence-electron chi connectivity index (χ0n) is 12.2. The maximum Gasteiger partial charge on any atom is 0.308 e. The predicted molar refractivity (Wildman–Crippen MR) is 74.9 cm³/mol. The van der Waals surface area contributed by atoms with Gasteiger partial charge < -0.3 is 9.47 Å². The fourth-order valence-corrected chi connectivity index (χ4v) is 3.01. The molecule has 1 saturated heterocycles. The van der Waals surface area contributed by atoms with Crippen LogP contribution in [0.15, 0.2) is 0 Å². The molecule has 0 aromatic rings. The van der Waals surface area contributed by atoms with Crippen LogP contribution in [0.5, 0.6) is 0 Å². The van der Waals surface area contributed by atoms with Gasteiger partial charge in [-0.25, -0.2) is 0 Å². The van der Waals surface area contributed by atoms with Crippen LogP contribution in [0, 0.1) is 11.8 Å². The van der Waals surface area contributed by atoms with Crippen molar-refractivity contribution in [3.63, 3.8) is 0 Å². The summed E-state index contributed by atoms with van der Waals surface area (Å²) in [7, 11) is 0. The average Bonchev–Trinajstić information content (AvgIpc) is 3.28. The number of epoxide rings is 1.